The standard InChI is InChI=1S/C12H17Cl2N3.HI/c1-4-15-12(17(2)3)16-8-9-5-6-10(13)7-11(9)14;/h5-7H,4,8H2,1-3H3,(H,15,16);1H. The average molecular weight is 402 g/mol. The summed E-state index contributed by atoms with van der Waals surface area (Å²) in [6.07, 6.45) is 0. The first-order chi connectivity index (χ1) is 8.04. The highest BCUT2D eigenvalue weighted by Crippen LogP contribution is 2.21. The molecule has 0 fully saturated rings. The fourth-order valence-corrected chi connectivity index (χ4v) is 1.79. The summed E-state index contributed by atoms with van der Waals surface area (Å²) in [7, 11) is 3.90. The first-order valence-electron chi connectivity index (χ1n) is 5.44. The molecule has 0 spiro atoms. The number of benzene rings is 1. The zero-order chi connectivity index (χ0) is 12.8. The SMILES string of the molecule is CCNC(=NCc1ccc(Cl)cc1Cl)N(C)C.I. The molecule has 0 radical (unpaired) electrons. The van der Waals surface area contributed by atoms with E-state index in [1.165, 1.54) is 0 Å². The second-order valence-corrected chi connectivity index (χ2v) is 4.64. The van der Waals surface area contributed by atoms with Crippen molar-refractivity contribution in [3.63, 3.8) is 0 Å². The Hall–Kier alpha value is -0.200. The van der Waals surface area contributed by atoms with Crippen molar-refractivity contribution < 1.29 is 0 Å². The lowest BCUT2D eigenvalue weighted by Crippen LogP contribution is -2.36. The van der Waals surface area contributed by atoms with E-state index >= 15 is 0 Å². The lowest BCUT2D eigenvalue weighted by atomic mass is 10.2. The second kappa shape index (κ2) is 8.82. The summed E-state index contributed by atoms with van der Waals surface area (Å²) in [5.74, 6) is 0.846. The molecule has 1 N–H and O–H groups in total. The highest BCUT2D eigenvalue weighted by molar-refractivity contribution is 14.0. The Balaban J connectivity index is 0.00000289. The van der Waals surface area contributed by atoms with Gasteiger partial charge in [-0.05, 0) is 24.6 Å². The molecule has 0 bridgehead atoms. The van der Waals surface area contributed by atoms with Gasteiger partial charge in [-0.1, -0.05) is 29.3 Å². The van der Waals surface area contributed by atoms with E-state index < -0.39 is 0 Å². The maximum absolute atomic E-state index is 6.08. The van der Waals surface area contributed by atoms with E-state index in [1.807, 2.05) is 38.1 Å². The smallest absolute Gasteiger partial charge is 0.193 e. The fourth-order valence-electron chi connectivity index (χ4n) is 1.32. The predicted molar refractivity (Wildman–Crippen MR) is 90.4 cm³/mol. The number of hydrogen-bond donors (Lipinski definition) is 1. The predicted octanol–water partition coefficient (Wildman–Crippen LogP) is 3.64. The Labute approximate surface area is 136 Å². The van der Waals surface area contributed by atoms with Crippen molar-refractivity contribution in [2.24, 2.45) is 4.99 Å². The third-order valence-electron chi connectivity index (χ3n) is 2.17. The van der Waals surface area contributed by atoms with E-state index in [0.717, 1.165) is 18.1 Å². The molecule has 1 aromatic rings. The van der Waals surface area contributed by atoms with Gasteiger partial charge in [0.25, 0.3) is 0 Å². The number of guanidine groups is 1. The number of hydrogen-bond acceptors (Lipinski definition) is 1. The molecule has 0 aliphatic heterocycles. The minimum absolute atomic E-state index is 0. The molecule has 0 aliphatic carbocycles. The molecule has 0 saturated carbocycles. The van der Waals surface area contributed by atoms with Crippen LogP contribution in [0.2, 0.25) is 10.0 Å². The van der Waals surface area contributed by atoms with Crippen molar-refractivity contribution in [3.8, 4) is 0 Å². The number of halogens is 3. The summed E-state index contributed by atoms with van der Waals surface area (Å²) in [6, 6.07) is 5.45. The highest BCUT2D eigenvalue weighted by atomic mass is 127. The summed E-state index contributed by atoms with van der Waals surface area (Å²) in [4.78, 5) is 6.42. The second-order valence-electron chi connectivity index (χ2n) is 3.80. The summed E-state index contributed by atoms with van der Waals surface area (Å²) < 4.78 is 0. The Bertz CT molecular complexity index is 408. The largest absolute Gasteiger partial charge is 0.357 e. The first-order valence-corrected chi connectivity index (χ1v) is 6.19. The maximum Gasteiger partial charge on any atom is 0.193 e. The topological polar surface area (TPSA) is 27.6 Å². The van der Waals surface area contributed by atoms with Crippen LogP contribution in [-0.2, 0) is 6.54 Å². The minimum atomic E-state index is 0. The van der Waals surface area contributed by atoms with Crippen molar-refractivity contribution in [1.82, 2.24) is 10.2 Å². The van der Waals surface area contributed by atoms with Crippen LogP contribution >= 0.6 is 47.2 Å². The van der Waals surface area contributed by atoms with Gasteiger partial charge in [-0.3, -0.25) is 0 Å². The molecule has 1 rings (SSSR count). The number of rotatable bonds is 3. The van der Waals surface area contributed by atoms with Crippen LogP contribution in [0.4, 0.5) is 0 Å². The van der Waals surface area contributed by atoms with Crippen LogP contribution in [0.15, 0.2) is 23.2 Å². The molecule has 1 aromatic carbocycles. The minimum Gasteiger partial charge on any atom is -0.357 e. The van der Waals surface area contributed by atoms with Gasteiger partial charge in [-0.2, -0.15) is 0 Å². The third kappa shape index (κ3) is 5.63. The van der Waals surface area contributed by atoms with Gasteiger partial charge in [0, 0.05) is 30.7 Å². The normalized spacial score (nSPS) is 10.8. The van der Waals surface area contributed by atoms with E-state index in [2.05, 4.69) is 10.3 Å². The van der Waals surface area contributed by atoms with Crippen molar-refractivity contribution >= 4 is 53.1 Å². The van der Waals surface area contributed by atoms with Gasteiger partial charge in [-0.15, -0.1) is 24.0 Å². The first kappa shape index (κ1) is 17.8. The molecule has 102 valence electrons. The number of aliphatic imine (C=N–C) groups is 1. The van der Waals surface area contributed by atoms with Gasteiger partial charge in [0.2, 0.25) is 0 Å². The van der Waals surface area contributed by atoms with Crippen molar-refractivity contribution in [3.05, 3.63) is 33.8 Å². The van der Waals surface area contributed by atoms with Crippen LogP contribution in [-0.4, -0.2) is 31.5 Å². The van der Waals surface area contributed by atoms with E-state index in [9.17, 15) is 0 Å². The molecular weight excluding hydrogens is 384 g/mol. The van der Waals surface area contributed by atoms with Gasteiger partial charge in [0.05, 0.1) is 6.54 Å². The molecular formula is C12H18Cl2IN3. The van der Waals surface area contributed by atoms with E-state index in [1.54, 1.807) is 6.07 Å². The molecule has 0 atom stereocenters. The lowest BCUT2D eigenvalue weighted by molar-refractivity contribution is 0.583. The Morgan fingerprint density at radius 1 is 1.33 bits per heavy atom. The Morgan fingerprint density at radius 3 is 2.50 bits per heavy atom. The molecule has 0 heterocycles. The summed E-state index contributed by atoms with van der Waals surface area (Å²) in [6.45, 7) is 3.41. The summed E-state index contributed by atoms with van der Waals surface area (Å²) in [5, 5.41) is 4.48. The maximum atomic E-state index is 6.08. The number of nitrogens with zero attached hydrogens (tertiary/aromatic N) is 2. The Morgan fingerprint density at radius 2 is 2.00 bits per heavy atom. The fraction of sp³-hybridized carbons (Fsp3) is 0.417. The van der Waals surface area contributed by atoms with Crippen molar-refractivity contribution in [2.75, 3.05) is 20.6 Å². The molecule has 18 heavy (non-hydrogen) atoms. The summed E-state index contributed by atoms with van der Waals surface area (Å²) in [5.41, 5.74) is 0.966. The molecule has 0 amide bonds. The van der Waals surface area contributed by atoms with E-state index in [4.69, 9.17) is 23.2 Å². The zero-order valence-corrected chi connectivity index (χ0v) is 14.5. The van der Waals surface area contributed by atoms with Crippen LogP contribution in [0.5, 0.6) is 0 Å². The molecule has 0 saturated heterocycles. The molecule has 0 aromatic heterocycles. The molecule has 3 nitrogen and oxygen atoms in total. The van der Waals surface area contributed by atoms with Crippen LogP contribution < -0.4 is 5.32 Å². The number of nitrogens with one attached hydrogen (secondary N) is 1. The van der Waals surface area contributed by atoms with Crippen LogP contribution in [0.3, 0.4) is 0 Å². The van der Waals surface area contributed by atoms with Gasteiger partial charge in [0.1, 0.15) is 0 Å². The van der Waals surface area contributed by atoms with Crippen molar-refractivity contribution in [1.29, 1.82) is 0 Å². The van der Waals surface area contributed by atoms with Gasteiger partial charge in [-0.25, -0.2) is 4.99 Å². The highest BCUT2D eigenvalue weighted by Gasteiger charge is 2.03. The zero-order valence-electron chi connectivity index (χ0n) is 10.7. The van der Waals surface area contributed by atoms with Crippen LogP contribution in [0.1, 0.15) is 12.5 Å². The van der Waals surface area contributed by atoms with Crippen molar-refractivity contribution in [2.45, 2.75) is 13.5 Å². The van der Waals surface area contributed by atoms with Crippen LogP contribution in [0.25, 0.3) is 0 Å². The third-order valence-corrected chi connectivity index (χ3v) is 2.76. The molecule has 0 aliphatic rings. The van der Waals surface area contributed by atoms with Gasteiger partial charge >= 0.3 is 0 Å². The lowest BCUT2D eigenvalue weighted by Gasteiger charge is -2.16. The van der Waals surface area contributed by atoms with E-state index in [0.29, 0.717) is 16.6 Å². The summed E-state index contributed by atoms with van der Waals surface area (Å²) >= 11 is 11.9. The van der Waals surface area contributed by atoms with Gasteiger partial charge in [0.15, 0.2) is 5.96 Å². The Kier molecular flexibility index (Phi) is 8.73. The molecule has 0 unspecified atom stereocenters. The van der Waals surface area contributed by atoms with Gasteiger partial charge < -0.3 is 10.2 Å². The monoisotopic (exact) mass is 401 g/mol. The van der Waals surface area contributed by atoms with E-state index in [-0.39, 0.29) is 24.0 Å². The van der Waals surface area contributed by atoms with Crippen LogP contribution in [0, 0.1) is 0 Å². The average Bonchev–Trinajstić information content (AvgIpc) is 2.25. The quantitative estimate of drug-likeness (QED) is 0.475. The molecule has 6 heteroatoms.